The highest BCUT2D eigenvalue weighted by Gasteiger charge is 2.60. The van der Waals surface area contributed by atoms with Crippen LogP contribution in [0, 0.1) is 11.3 Å². The van der Waals surface area contributed by atoms with E-state index in [9.17, 15) is 10.1 Å². The van der Waals surface area contributed by atoms with Crippen molar-refractivity contribution in [2.75, 3.05) is 19.7 Å². The van der Waals surface area contributed by atoms with Crippen molar-refractivity contribution in [3.63, 3.8) is 0 Å². The molecule has 1 aromatic carbocycles. The summed E-state index contributed by atoms with van der Waals surface area (Å²) >= 11 is 0. The van der Waals surface area contributed by atoms with E-state index in [1.165, 1.54) is 0 Å². The van der Waals surface area contributed by atoms with E-state index in [2.05, 4.69) is 11.0 Å². The largest absolute Gasteiger partial charge is 0.460 e. The molecule has 3 saturated heterocycles. The van der Waals surface area contributed by atoms with Crippen LogP contribution in [0.25, 0.3) is 11.3 Å². The molecule has 27 heavy (non-hydrogen) atoms. The van der Waals surface area contributed by atoms with Gasteiger partial charge in [-0.05, 0) is 30.7 Å². The molecule has 2 atom stereocenters. The lowest BCUT2D eigenvalue weighted by atomic mass is 10.0. The van der Waals surface area contributed by atoms with Gasteiger partial charge in [0.1, 0.15) is 11.5 Å². The van der Waals surface area contributed by atoms with Crippen LogP contribution < -0.4 is 0 Å². The Kier molecular flexibility index (Phi) is 3.81. The predicted octanol–water partition coefficient (Wildman–Crippen LogP) is 2.74. The zero-order chi connectivity index (χ0) is 18.4. The SMILES string of the molecule is N#Cc1ccccc1-c1ccc(CN2CC[C@@]34OCCCN3C(=O)C[C@@H]24)o1. The third-order valence-corrected chi connectivity index (χ3v) is 6.06. The first-order chi connectivity index (χ1) is 13.2. The number of hydrogen-bond acceptors (Lipinski definition) is 5. The van der Waals surface area contributed by atoms with Crippen LogP contribution in [-0.2, 0) is 16.1 Å². The van der Waals surface area contributed by atoms with Crippen molar-refractivity contribution < 1.29 is 13.9 Å². The Morgan fingerprint density at radius 3 is 3.00 bits per heavy atom. The Bertz CT molecular complexity index is 931. The summed E-state index contributed by atoms with van der Waals surface area (Å²) in [6, 6.07) is 13.6. The monoisotopic (exact) mass is 363 g/mol. The number of carbonyl (C=O) groups is 1. The molecular weight excluding hydrogens is 342 g/mol. The minimum absolute atomic E-state index is 0.0882. The number of rotatable bonds is 3. The molecule has 138 valence electrons. The fourth-order valence-electron chi connectivity index (χ4n) is 4.83. The molecule has 0 radical (unpaired) electrons. The maximum atomic E-state index is 12.4. The van der Waals surface area contributed by atoms with E-state index in [1.54, 1.807) is 6.07 Å². The van der Waals surface area contributed by atoms with Crippen molar-refractivity contribution in [2.24, 2.45) is 0 Å². The number of furan rings is 1. The van der Waals surface area contributed by atoms with E-state index in [-0.39, 0.29) is 11.9 Å². The van der Waals surface area contributed by atoms with Crippen molar-refractivity contribution in [1.82, 2.24) is 9.80 Å². The number of nitriles is 1. The minimum Gasteiger partial charge on any atom is -0.460 e. The summed E-state index contributed by atoms with van der Waals surface area (Å²) in [5.41, 5.74) is 0.978. The van der Waals surface area contributed by atoms with Crippen LogP contribution in [0.2, 0.25) is 0 Å². The predicted molar refractivity (Wildman–Crippen MR) is 97.3 cm³/mol. The molecule has 3 aliphatic rings. The van der Waals surface area contributed by atoms with Gasteiger partial charge in [0.15, 0.2) is 5.72 Å². The number of likely N-dealkylation sites (tertiary alicyclic amines) is 1. The minimum atomic E-state index is -0.432. The van der Waals surface area contributed by atoms with Crippen molar-refractivity contribution in [1.29, 1.82) is 5.26 Å². The topological polar surface area (TPSA) is 69.7 Å². The van der Waals surface area contributed by atoms with Crippen LogP contribution in [-0.4, -0.2) is 47.2 Å². The van der Waals surface area contributed by atoms with Crippen LogP contribution in [0.1, 0.15) is 30.6 Å². The summed E-state index contributed by atoms with van der Waals surface area (Å²) in [5, 5.41) is 9.30. The van der Waals surface area contributed by atoms with Crippen molar-refractivity contribution in [3.05, 3.63) is 47.7 Å². The van der Waals surface area contributed by atoms with Crippen molar-refractivity contribution >= 4 is 5.91 Å². The van der Waals surface area contributed by atoms with E-state index >= 15 is 0 Å². The molecule has 6 nitrogen and oxygen atoms in total. The van der Waals surface area contributed by atoms with E-state index in [0.29, 0.717) is 24.3 Å². The highest BCUT2D eigenvalue weighted by Crippen LogP contribution is 2.45. The molecule has 0 N–H and O–H groups in total. The van der Waals surface area contributed by atoms with Gasteiger partial charge in [0.25, 0.3) is 0 Å². The molecule has 3 aliphatic heterocycles. The smallest absolute Gasteiger partial charge is 0.226 e. The Labute approximate surface area is 157 Å². The second-order valence-corrected chi connectivity index (χ2v) is 7.46. The Morgan fingerprint density at radius 2 is 2.11 bits per heavy atom. The van der Waals surface area contributed by atoms with Gasteiger partial charge in [-0.25, -0.2) is 0 Å². The first-order valence-corrected chi connectivity index (χ1v) is 9.48. The van der Waals surface area contributed by atoms with E-state index < -0.39 is 5.72 Å². The summed E-state index contributed by atoms with van der Waals surface area (Å²) in [5.74, 6) is 1.75. The molecule has 0 aliphatic carbocycles. The molecule has 2 aromatic rings. The first kappa shape index (κ1) is 16.5. The lowest BCUT2D eigenvalue weighted by Crippen LogP contribution is -2.56. The third kappa shape index (κ3) is 2.50. The number of amides is 1. The molecule has 1 aromatic heterocycles. The Hall–Kier alpha value is -2.62. The molecule has 4 heterocycles. The summed E-state index contributed by atoms with van der Waals surface area (Å²) in [7, 11) is 0. The molecule has 1 amide bonds. The quantitative estimate of drug-likeness (QED) is 0.839. The zero-order valence-corrected chi connectivity index (χ0v) is 15.1. The average molecular weight is 363 g/mol. The number of ether oxygens (including phenoxy) is 1. The van der Waals surface area contributed by atoms with E-state index in [1.807, 2.05) is 35.2 Å². The highest BCUT2D eigenvalue weighted by atomic mass is 16.5. The summed E-state index contributed by atoms with van der Waals surface area (Å²) in [6.45, 7) is 3.06. The maximum absolute atomic E-state index is 12.4. The Morgan fingerprint density at radius 1 is 1.22 bits per heavy atom. The number of nitrogens with zero attached hydrogens (tertiary/aromatic N) is 3. The van der Waals surface area contributed by atoms with E-state index in [4.69, 9.17) is 9.15 Å². The fraction of sp³-hybridized carbons (Fsp3) is 0.429. The molecule has 6 heteroatoms. The standard InChI is InChI=1S/C21H21N3O3/c22-13-15-4-1-2-5-17(15)18-7-6-16(27-18)14-23-10-8-21-19(23)12-20(25)24(21)9-3-11-26-21/h1-2,4-7,19H,3,8-12,14H2/t19-,21+/m1/s1. The molecule has 3 fully saturated rings. The lowest BCUT2D eigenvalue weighted by molar-refractivity contribution is -0.180. The van der Waals surface area contributed by atoms with Crippen LogP contribution in [0.15, 0.2) is 40.8 Å². The fourth-order valence-corrected chi connectivity index (χ4v) is 4.83. The molecule has 0 unspecified atom stereocenters. The number of benzene rings is 1. The highest BCUT2D eigenvalue weighted by molar-refractivity contribution is 5.81. The maximum Gasteiger partial charge on any atom is 0.226 e. The molecule has 1 spiro atoms. The van der Waals surface area contributed by atoms with Crippen LogP contribution in [0.5, 0.6) is 0 Å². The summed E-state index contributed by atoms with van der Waals surface area (Å²) in [4.78, 5) is 16.7. The number of carbonyl (C=O) groups excluding carboxylic acids is 1. The van der Waals surface area contributed by atoms with Gasteiger partial charge in [-0.2, -0.15) is 5.26 Å². The van der Waals surface area contributed by atoms with Gasteiger partial charge in [-0.1, -0.05) is 12.1 Å². The van der Waals surface area contributed by atoms with Gasteiger partial charge in [0.05, 0.1) is 30.8 Å². The van der Waals surface area contributed by atoms with Crippen LogP contribution in [0.3, 0.4) is 0 Å². The summed E-state index contributed by atoms with van der Waals surface area (Å²) < 4.78 is 12.2. The second kappa shape index (κ2) is 6.22. The molecule has 5 rings (SSSR count). The lowest BCUT2D eigenvalue weighted by Gasteiger charge is -2.42. The number of hydrogen-bond donors (Lipinski definition) is 0. The van der Waals surface area contributed by atoms with Gasteiger partial charge >= 0.3 is 0 Å². The first-order valence-electron chi connectivity index (χ1n) is 9.48. The van der Waals surface area contributed by atoms with Gasteiger partial charge in [-0.3, -0.25) is 9.69 Å². The third-order valence-electron chi connectivity index (χ3n) is 6.06. The zero-order valence-electron chi connectivity index (χ0n) is 15.1. The van der Waals surface area contributed by atoms with Crippen molar-refractivity contribution in [2.45, 2.75) is 37.6 Å². The molecule has 0 bridgehead atoms. The van der Waals surface area contributed by atoms with Gasteiger partial charge in [0, 0.05) is 31.5 Å². The van der Waals surface area contributed by atoms with Crippen LogP contribution in [0.4, 0.5) is 0 Å². The van der Waals surface area contributed by atoms with Gasteiger partial charge in [0.2, 0.25) is 5.91 Å². The molecule has 0 saturated carbocycles. The average Bonchev–Trinajstić information content (AvgIpc) is 3.36. The van der Waals surface area contributed by atoms with Crippen molar-refractivity contribution in [3.8, 4) is 17.4 Å². The normalized spacial score (nSPS) is 27.4. The van der Waals surface area contributed by atoms with Gasteiger partial charge < -0.3 is 14.1 Å². The van der Waals surface area contributed by atoms with Gasteiger partial charge in [-0.15, -0.1) is 0 Å². The summed E-state index contributed by atoms with van der Waals surface area (Å²) in [6.07, 6.45) is 2.29. The second-order valence-electron chi connectivity index (χ2n) is 7.46. The Balaban J connectivity index is 1.37. The molecular formula is C21H21N3O3. The van der Waals surface area contributed by atoms with E-state index in [0.717, 1.165) is 43.9 Å². The van der Waals surface area contributed by atoms with Crippen LogP contribution >= 0.6 is 0 Å².